The van der Waals surface area contributed by atoms with E-state index >= 15 is 0 Å². The van der Waals surface area contributed by atoms with Gasteiger partial charge in [-0.25, -0.2) is 8.42 Å². The van der Waals surface area contributed by atoms with Crippen molar-refractivity contribution in [2.75, 3.05) is 31.1 Å². The number of benzene rings is 2. The van der Waals surface area contributed by atoms with Crippen molar-refractivity contribution >= 4 is 50.4 Å². The maximum absolute atomic E-state index is 12.9. The number of aromatic nitrogens is 1. The van der Waals surface area contributed by atoms with Crippen LogP contribution in [0, 0.1) is 0 Å². The highest BCUT2D eigenvalue weighted by atomic mass is 35.5. The molecule has 4 rings (SSSR count). The Morgan fingerprint density at radius 1 is 1.04 bits per heavy atom. The van der Waals surface area contributed by atoms with E-state index in [-0.39, 0.29) is 27.2 Å². The van der Waals surface area contributed by atoms with Crippen LogP contribution in [0.25, 0.3) is 10.9 Å². The van der Waals surface area contributed by atoms with Gasteiger partial charge < -0.3 is 10.2 Å². The number of piperazine rings is 1. The molecule has 2 aromatic carbocycles. The molecule has 1 fully saturated rings. The van der Waals surface area contributed by atoms with E-state index in [0.29, 0.717) is 0 Å². The Morgan fingerprint density at radius 2 is 1.78 bits per heavy atom. The second-order valence-corrected chi connectivity index (χ2v) is 8.52. The molecule has 0 saturated carbocycles. The molecule has 2 heterocycles. The molecule has 5 nitrogen and oxygen atoms in total. The number of halogens is 2. The third kappa shape index (κ3) is 3.75. The zero-order valence-corrected chi connectivity index (χ0v) is 16.8. The Hall–Kier alpha value is -1.86. The van der Waals surface area contributed by atoms with Gasteiger partial charge in [-0.15, -0.1) is 12.4 Å². The third-order valence-electron chi connectivity index (χ3n) is 4.56. The Bertz CT molecular complexity index is 1070. The van der Waals surface area contributed by atoms with E-state index in [1.165, 1.54) is 12.3 Å². The molecule has 0 amide bonds. The summed E-state index contributed by atoms with van der Waals surface area (Å²) in [6.45, 7) is 3.66. The minimum atomic E-state index is -3.72. The van der Waals surface area contributed by atoms with Crippen molar-refractivity contribution in [3.8, 4) is 0 Å². The van der Waals surface area contributed by atoms with Crippen molar-refractivity contribution in [1.82, 2.24) is 10.3 Å². The maximum Gasteiger partial charge on any atom is 0.209 e. The number of sulfone groups is 1. The van der Waals surface area contributed by atoms with E-state index in [1.54, 1.807) is 24.3 Å². The molecular formula is C19H19Cl2N3O2S. The molecule has 1 aromatic heterocycles. The SMILES string of the molecule is Cl.O=S(=O)(c1cnc2c(N3CCNCC3)cccc2c1)c1ccccc1Cl. The van der Waals surface area contributed by atoms with Gasteiger partial charge in [-0.1, -0.05) is 35.9 Å². The van der Waals surface area contributed by atoms with Gasteiger partial charge in [0.25, 0.3) is 0 Å². The molecule has 1 N–H and O–H groups in total. The molecule has 0 radical (unpaired) electrons. The van der Waals surface area contributed by atoms with Gasteiger partial charge in [0, 0.05) is 37.8 Å². The van der Waals surface area contributed by atoms with Crippen LogP contribution in [0.15, 0.2) is 64.5 Å². The highest BCUT2D eigenvalue weighted by Gasteiger charge is 2.22. The number of nitrogens with zero attached hydrogens (tertiary/aromatic N) is 2. The Balaban J connectivity index is 0.00000210. The van der Waals surface area contributed by atoms with Gasteiger partial charge in [-0.2, -0.15) is 0 Å². The van der Waals surface area contributed by atoms with Crippen molar-refractivity contribution in [1.29, 1.82) is 0 Å². The van der Waals surface area contributed by atoms with Gasteiger partial charge >= 0.3 is 0 Å². The summed E-state index contributed by atoms with van der Waals surface area (Å²) in [6.07, 6.45) is 1.42. The number of anilines is 1. The molecule has 142 valence electrons. The average molecular weight is 424 g/mol. The van der Waals surface area contributed by atoms with Crippen molar-refractivity contribution in [2.24, 2.45) is 0 Å². The number of hydrogen-bond donors (Lipinski definition) is 1. The average Bonchev–Trinajstić information content (AvgIpc) is 2.68. The van der Waals surface area contributed by atoms with Gasteiger partial charge in [-0.3, -0.25) is 4.98 Å². The van der Waals surface area contributed by atoms with Crippen molar-refractivity contribution in [3.63, 3.8) is 0 Å². The fraction of sp³-hybridized carbons (Fsp3) is 0.211. The second-order valence-electron chi connectivity index (χ2n) is 6.19. The minimum Gasteiger partial charge on any atom is -0.367 e. The van der Waals surface area contributed by atoms with E-state index in [4.69, 9.17) is 11.6 Å². The minimum absolute atomic E-state index is 0. The van der Waals surface area contributed by atoms with E-state index < -0.39 is 9.84 Å². The number of rotatable bonds is 3. The van der Waals surface area contributed by atoms with Crippen LogP contribution in [0.4, 0.5) is 5.69 Å². The fourth-order valence-corrected chi connectivity index (χ4v) is 4.97. The van der Waals surface area contributed by atoms with Gasteiger partial charge in [0.1, 0.15) is 0 Å². The fourth-order valence-electron chi connectivity index (χ4n) is 3.22. The summed E-state index contributed by atoms with van der Waals surface area (Å²) < 4.78 is 25.9. The standard InChI is InChI=1S/C19H18ClN3O2S.ClH/c20-16-5-1-2-7-18(16)26(24,25)15-12-14-4-3-6-17(19(14)22-13-15)23-10-8-21-9-11-23;/h1-7,12-13,21H,8-11H2;1H. The molecule has 0 spiro atoms. The van der Waals surface area contributed by atoms with Gasteiger partial charge in [0.05, 0.1) is 26.0 Å². The summed E-state index contributed by atoms with van der Waals surface area (Å²) in [5.74, 6) is 0. The Morgan fingerprint density at radius 3 is 2.52 bits per heavy atom. The van der Waals surface area contributed by atoms with Crippen molar-refractivity contribution in [3.05, 3.63) is 59.8 Å². The first kappa shape index (κ1) is 19.9. The largest absolute Gasteiger partial charge is 0.367 e. The lowest BCUT2D eigenvalue weighted by Gasteiger charge is -2.30. The van der Waals surface area contributed by atoms with Crippen LogP contribution >= 0.6 is 24.0 Å². The lowest BCUT2D eigenvalue weighted by atomic mass is 10.1. The van der Waals surface area contributed by atoms with Crippen molar-refractivity contribution in [2.45, 2.75) is 9.79 Å². The molecule has 8 heteroatoms. The van der Waals surface area contributed by atoms with E-state index in [0.717, 1.165) is 42.8 Å². The van der Waals surface area contributed by atoms with Crippen LogP contribution < -0.4 is 10.2 Å². The van der Waals surface area contributed by atoms with Crippen LogP contribution in [0.2, 0.25) is 5.02 Å². The first-order valence-corrected chi connectivity index (χ1v) is 10.3. The molecule has 0 aliphatic carbocycles. The Labute approximate surface area is 169 Å². The summed E-state index contributed by atoms with van der Waals surface area (Å²) in [7, 11) is -3.72. The molecule has 27 heavy (non-hydrogen) atoms. The zero-order valence-electron chi connectivity index (χ0n) is 14.4. The van der Waals surface area contributed by atoms with E-state index in [9.17, 15) is 8.42 Å². The number of fused-ring (bicyclic) bond motifs is 1. The topological polar surface area (TPSA) is 62.3 Å². The second kappa shape index (κ2) is 8.02. The maximum atomic E-state index is 12.9. The zero-order chi connectivity index (χ0) is 18.1. The highest BCUT2D eigenvalue weighted by Crippen LogP contribution is 2.31. The predicted octanol–water partition coefficient (Wildman–Crippen LogP) is 3.55. The number of pyridine rings is 1. The van der Waals surface area contributed by atoms with E-state index in [1.807, 2.05) is 18.2 Å². The number of nitrogens with one attached hydrogen (secondary N) is 1. The summed E-state index contributed by atoms with van der Waals surface area (Å²) in [5, 5.41) is 4.34. The third-order valence-corrected chi connectivity index (χ3v) is 6.78. The summed E-state index contributed by atoms with van der Waals surface area (Å²) in [4.78, 5) is 7.01. The first-order valence-electron chi connectivity index (χ1n) is 8.41. The van der Waals surface area contributed by atoms with Gasteiger partial charge in [-0.05, 0) is 24.3 Å². The molecular weight excluding hydrogens is 405 g/mol. The molecule has 1 aliphatic rings. The molecule has 0 bridgehead atoms. The summed E-state index contributed by atoms with van der Waals surface area (Å²) >= 11 is 6.09. The number of para-hydroxylation sites is 1. The van der Waals surface area contributed by atoms with Crippen LogP contribution in [-0.2, 0) is 9.84 Å². The van der Waals surface area contributed by atoms with Gasteiger partial charge in [0.15, 0.2) is 0 Å². The molecule has 0 unspecified atom stereocenters. The summed E-state index contributed by atoms with van der Waals surface area (Å²) in [5.41, 5.74) is 1.85. The van der Waals surface area contributed by atoms with E-state index in [2.05, 4.69) is 15.2 Å². The molecule has 1 aliphatic heterocycles. The van der Waals surface area contributed by atoms with Crippen LogP contribution in [-0.4, -0.2) is 39.6 Å². The van der Waals surface area contributed by atoms with Crippen LogP contribution in [0.1, 0.15) is 0 Å². The molecule has 1 saturated heterocycles. The quantitative estimate of drug-likeness (QED) is 0.697. The smallest absolute Gasteiger partial charge is 0.209 e. The molecule has 3 aromatic rings. The monoisotopic (exact) mass is 423 g/mol. The number of hydrogen-bond acceptors (Lipinski definition) is 5. The lowest BCUT2D eigenvalue weighted by Crippen LogP contribution is -2.43. The predicted molar refractivity (Wildman–Crippen MR) is 111 cm³/mol. The lowest BCUT2D eigenvalue weighted by molar-refractivity contribution is 0.590. The summed E-state index contributed by atoms with van der Waals surface area (Å²) in [6, 6.07) is 14.0. The van der Waals surface area contributed by atoms with Gasteiger partial charge in [0.2, 0.25) is 9.84 Å². The Kier molecular flexibility index (Phi) is 5.91. The van der Waals surface area contributed by atoms with Crippen LogP contribution in [0.5, 0.6) is 0 Å². The highest BCUT2D eigenvalue weighted by molar-refractivity contribution is 7.91. The van der Waals surface area contributed by atoms with Crippen LogP contribution in [0.3, 0.4) is 0 Å². The normalized spacial score (nSPS) is 14.8. The molecule has 0 atom stereocenters. The van der Waals surface area contributed by atoms with Crippen molar-refractivity contribution < 1.29 is 8.42 Å². The first-order chi connectivity index (χ1) is 12.6.